The fourth-order valence-electron chi connectivity index (χ4n) is 1.34. The Morgan fingerprint density at radius 1 is 1.50 bits per heavy atom. The Kier molecular flexibility index (Phi) is 2.63. The van der Waals surface area contributed by atoms with E-state index >= 15 is 0 Å². The standard InChI is InChI=1S/C10H12N4O2/c11-6-2-1-3-7-9(6)14-10(16-7)13-5-4-8(12)15/h1-3H,4-5,11H2,(H2,12,15)(H,13,14). The number of nitrogens with zero attached hydrogens (tertiary/aromatic N) is 1. The Hall–Kier alpha value is -2.24. The lowest BCUT2D eigenvalue weighted by Crippen LogP contribution is -2.15. The Bertz CT molecular complexity index is 521. The van der Waals surface area contributed by atoms with Crippen molar-refractivity contribution in [1.82, 2.24) is 4.98 Å². The van der Waals surface area contributed by atoms with Crippen molar-refractivity contribution in [1.29, 1.82) is 0 Å². The van der Waals surface area contributed by atoms with E-state index in [2.05, 4.69) is 10.3 Å². The van der Waals surface area contributed by atoms with Crippen molar-refractivity contribution in [3.63, 3.8) is 0 Å². The van der Waals surface area contributed by atoms with Crippen LogP contribution in [0, 0.1) is 0 Å². The molecule has 0 fully saturated rings. The molecule has 2 aromatic rings. The molecule has 1 heterocycles. The molecule has 0 aliphatic carbocycles. The monoisotopic (exact) mass is 220 g/mol. The summed E-state index contributed by atoms with van der Waals surface area (Å²) in [7, 11) is 0. The summed E-state index contributed by atoms with van der Waals surface area (Å²) in [6.07, 6.45) is 0.230. The van der Waals surface area contributed by atoms with E-state index in [0.717, 1.165) is 0 Å². The summed E-state index contributed by atoms with van der Waals surface area (Å²) in [5.74, 6) is -0.372. The number of aromatic nitrogens is 1. The van der Waals surface area contributed by atoms with Crippen LogP contribution in [0.3, 0.4) is 0 Å². The predicted octanol–water partition coefficient (Wildman–Crippen LogP) is 0.697. The smallest absolute Gasteiger partial charge is 0.295 e. The molecule has 0 spiro atoms. The van der Waals surface area contributed by atoms with Gasteiger partial charge in [0.25, 0.3) is 6.01 Å². The van der Waals surface area contributed by atoms with Crippen LogP contribution in [0.5, 0.6) is 0 Å². The van der Waals surface area contributed by atoms with E-state index < -0.39 is 0 Å². The summed E-state index contributed by atoms with van der Waals surface area (Å²) in [5.41, 5.74) is 12.5. The maximum atomic E-state index is 10.5. The van der Waals surface area contributed by atoms with Gasteiger partial charge in [0.1, 0.15) is 5.52 Å². The molecule has 2 rings (SSSR count). The number of amides is 1. The topological polar surface area (TPSA) is 107 Å². The third kappa shape index (κ3) is 2.05. The molecule has 84 valence electrons. The molecule has 5 N–H and O–H groups in total. The van der Waals surface area contributed by atoms with Crippen molar-refractivity contribution in [2.75, 3.05) is 17.6 Å². The number of carbonyl (C=O) groups is 1. The van der Waals surface area contributed by atoms with Crippen LogP contribution < -0.4 is 16.8 Å². The van der Waals surface area contributed by atoms with E-state index in [9.17, 15) is 4.79 Å². The molecule has 1 amide bonds. The highest BCUT2D eigenvalue weighted by molar-refractivity contribution is 5.86. The summed E-state index contributed by atoms with van der Waals surface area (Å²) < 4.78 is 5.38. The molecule has 6 heteroatoms. The van der Waals surface area contributed by atoms with Crippen molar-refractivity contribution < 1.29 is 9.21 Å². The number of nitrogen functional groups attached to an aromatic ring is 1. The van der Waals surface area contributed by atoms with Gasteiger partial charge in [-0.15, -0.1) is 0 Å². The Balaban J connectivity index is 2.14. The lowest BCUT2D eigenvalue weighted by molar-refractivity contribution is -0.117. The average molecular weight is 220 g/mol. The fraction of sp³-hybridized carbons (Fsp3) is 0.200. The van der Waals surface area contributed by atoms with Crippen molar-refractivity contribution in [2.45, 2.75) is 6.42 Å². The average Bonchev–Trinajstić information content (AvgIpc) is 2.61. The third-order valence-corrected chi connectivity index (χ3v) is 2.10. The number of carbonyl (C=O) groups excluding carboxylic acids is 1. The zero-order valence-electron chi connectivity index (χ0n) is 8.56. The Morgan fingerprint density at radius 2 is 2.31 bits per heavy atom. The second-order valence-electron chi connectivity index (χ2n) is 3.36. The molecule has 0 aliphatic rings. The van der Waals surface area contributed by atoms with Gasteiger partial charge in [-0.25, -0.2) is 0 Å². The zero-order chi connectivity index (χ0) is 11.5. The van der Waals surface area contributed by atoms with Gasteiger partial charge in [-0.05, 0) is 12.1 Å². The second-order valence-corrected chi connectivity index (χ2v) is 3.36. The van der Waals surface area contributed by atoms with Crippen LogP contribution in [-0.4, -0.2) is 17.4 Å². The molecule has 0 saturated heterocycles. The first-order valence-corrected chi connectivity index (χ1v) is 4.84. The SMILES string of the molecule is NC(=O)CCNc1nc2c(N)cccc2o1. The van der Waals surface area contributed by atoms with Gasteiger partial charge in [0.05, 0.1) is 5.69 Å². The molecule has 16 heavy (non-hydrogen) atoms. The Morgan fingerprint density at radius 3 is 3.00 bits per heavy atom. The highest BCUT2D eigenvalue weighted by Crippen LogP contribution is 2.23. The fourth-order valence-corrected chi connectivity index (χ4v) is 1.34. The molecule has 0 unspecified atom stereocenters. The molecule has 1 aromatic carbocycles. The predicted molar refractivity (Wildman–Crippen MR) is 60.7 cm³/mol. The number of fused-ring (bicyclic) bond motifs is 1. The van der Waals surface area contributed by atoms with E-state index in [0.29, 0.717) is 29.3 Å². The summed E-state index contributed by atoms with van der Waals surface area (Å²) in [5, 5.41) is 2.86. The van der Waals surface area contributed by atoms with Gasteiger partial charge >= 0.3 is 0 Å². The van der Waals surface area contributed by atoms with E-state index in [1.165, 1.54) is 0 Å². The van der Waals surface area contributed by atoms with Gasteiger partial charge in [-0.2, -0.15) is 4.98 Å². The van der Waals surface area contributed by atoms with Gasteiger partial charge in [0.15, 0.2) is 5.58 Å². The zero-order valence-corrected chi connectivity index (χ0v) is 8.56. The molecule has 0 saturated carbocycles. The number of nitrogens with one attached hydrogen (secondary N) is 1. The summed E-state index contributed by atoms with van der Waals surface area (Å²) >= 11 is 0. The highest BCUT2D eigenvalue weighted by Gasteiger charge is 2.07. The van der Waals surface area contributed by atoms with E-state index in [1.54, 1.807) is 18.2 Å². The first-order chi connectivity index (χ1) is 7.66. The van der Waals surface area contributed by atoms with Gasteiger partial charge in [0, 0.05) is 13.0 Å². The molecule has 0 aliphatic heterocycles. The van der Waals surface area contributed by atoms with E-state index in [-0.39, 0.29) is 12.3 Å². The van der Waals surface area contributed by atoms with Crippen LogP contribution in [0.15, 0.2) is 22.6 Å². The number of rotatable bonds is 4. The molecule has 0 atom stereocenters. The number of primary amides is 1. The number of benzene rings is 1. The molecule has 1 aromatic heterocycles. The van der Waals surface area contributed by atoms with Crippen molar-refractivity contribution >= 4 is 28.7 Å². The maximum Gasteiger partial charge on any atom is 0.295 e. The maximum absolute atomic E-state index is 10.5. The molecule has 6 nitrogen and oxygen atoms in total. The molecule has 0 bridgehead atoms. The van der Waals surface area contributed by atoms with Crippen LogP contribution in [0.1, 0.15) is 6.42 Å². The largest absolute Gasteiger partial charge is 0.423 e. The molecular weight excluding hydrogens is 208 g/mol. The third-order valence-electron chi connectivity index (χ3n) is 2.10. The number of hydrogen-bond acceptors (Lipinski definition) is 5. The lowest BCUT2D eigenvalue weighted by Gasteiger charge is -1.96. The normalized spacial score (nSPS) is 10.5. The number of para-hydroxylation sites is 1. The van der Waals surface area contributed by atoms with Crippen LogP contribution in [0.4, 0.5) is 11.7 Å². The van der Waals surface area contributed by atoms with Crippen molar-refractivity contribution in [3.05, 3.63) is 18.2 Å². The number of hydrogen-bond donors (Lipinski definition) is 3. The minimum Gasteiger partial charge on any atom is -0.423 e. The second kappa shape index (κ2) is 4.09. The number of nitrogens with two attached hydrogens (primary N) is 2. The van der Waals surface area contributed by atoms with E-state index in [4.69, 9.17) is 15.9 Å². The van der Waals surface area contributed by atoms with Crippen molar-refractivity contribution in [3.8, 4) is 0 Å². The highest BCUT2D eigenvalue weighted by atomic mass is 16.4. The summed E-state index contributed by atoms with van der Waals surface area (Å²) in [4.78, 5) is 14.7. The van der Waals surface area contributed by atoms with E-state index in [1.807, 2.05) is 0 Å². The van der Waals surface area contributed by atoms with Crippen LogP contribution in [0.2, 0.25) is 0 Å². The number of oxazole rings is 1. The lowest BCUT2D eigenvalue weighted by atomic mass is 10.3. The minimum absolute atomic E-state index is 0.230. The minimum atomic E-state index is -0.372. The summed E-state index contributed by atoms with van der Waals surface area (Å²) in [6.45, 7) is 0.391. The van der Waals surface area contributed by atoms with Gasteiger partial charge < -0.3 is 21.2 Å². The summed E-state index contributed by atoms with van der Waals surface area (Å²) in [6, 6.07) is 5.65. The molecule has 0 radical (unpaired) electrons. The van der Waals surface area contributed by atoms with Crippen LogP contribution >= 0.6 is 0 Å². The van der Waals surface area contributed by atoms with Gasteiger partial charge in [-0.1, -0.05) is 6.07 Å². The van der Waals surface area contributed by atoms with Crippen LogP contribution in [0.25, 0.3) is 11.1 Å². The van der Waals surface area contributed by atoms with Crippen LogP contribution in [-0.2, 0) is 4.79 Å². The number of anilines is 2. The van der Waals surface area contributed by atoms with Gasteiger partial charge in [-0.3, -0.25) is 4.79 Å². The quantitative estimate of drug-likeness (QED) is 0.657. The first kappa shape index (κ1) is 10.3. The Labute approximate surface area is 91.6 Å². The van der Waals surface area contributed by atoms with Gasteiger partial charge in [0.2, 0.25) is 5.91 Å². The first-order valence-electron chi connectivity index (χ1n) is 4.84. The van der Waals surface area contributed by atoms with Crippen molar-refractivity contribution in [2.24, 2.45) is 5.73 Å². The molecular formula is C10H12N4O2.